The van der Waals surface area contributed by atoms with E-state index in [9.17, 15) is 19.8 Å². The quantitative estimate of drug-likeness (QED) is 0.247. The highest BCUT2D eigenvalue weighted by molar-refractivity contribution is 6.46. The summed E-state index contributed by atoms with van der Waals surface area (Å²) >= 11 is 0. The number of amides is 1. The molecule has 0 radical (unpaired) electrons. The number of carbonyl (C=O) groups excluding carboxylic acids is 2. The summed E-state index contributed by atoms with van der Waals surface area (Å²) in [5, 5.41) is 21.2. The van der Waals surface area contributed by atoms with Crippen LogP contribution in [0, 0.1) is 6.92 Å². The Bertz CT molecular complexity index is 1320. The van der Waals surface area contributed by atoms with Crippen LogP contribution in [0.4, 0.5) is 0 Å². The van der Waals surface area contributed by atoms with Gasteiger partial charge in [-0.3, -0.25) is 9.59 Å². The Morgan fingerprint density at radius 3 is 2.32 bits per heavy atom. The van der Waals surface area contributed by atoms with Gasteiger partial charge in [-0.2, -0.15) is 0 Å². The molecule has 3 aromatic rings. The third-order valence-corrected chi connectivity index (χ3v) is 7.34. The summed E-state index contributed by atoms with van der Waals surface area (Å²) in [6.45, 7) is 2.30. The number of hydrogen-bond acceptors (Lipinski definition) is 5. The van der Waals surface area contributed by atoms with E-state index in [0.29, 0.717) is 23.5 Å². The number of aliphatic hydroxyl groups excluding tert-OH is 1. The molecule has 3 aromatic carbocycles. The summed E-state index contributed by atoms with van der Waals surface area (Å²) in [6.07, 6.45) is 4.77. The number of hydrogen-bond donors (Lipinski definition) is 2. The molecule has 1 atom stereocenters. The maximum atomic E-state index is 13.4. The normalized spacial score (nSPS) is 19.8. The number of phenols is 1. The van der Waals surface area contributed by atoms with E-state index >= 15 is 0 Å². The Labute approximate surface area is 216 Å². The molecule has 1 saturated carbocycles. The zero-order valence-corrected chi connectivity index (χ0v) is 20.9. The molecule has 190 valence electrons. The first kappa shape index (κ1) is 24.6. The van der Waals surface area contributed by atoms with Crippen molar-refractivity contribution >= 4 is 17.4 Å². The number of likely N-dealkylation sites (tertiary alicyclic amines) is 1. The zero-order chi connectivity index (χ0) is 25.9. The SMILES string of the molecule is Cc1cc(/C(O)=C2/C(=O)C(=O)N(C3CCCCC3)C2c2ccc(O)cc2)ccc1OCc1ccccc1. The smallest absolute Gasteiger partial charge is 0.295 e. The molecule has 5 rings (SSSR count). The molecule has 2 fully saturated rings. The van der Waals surface area contributed by atoms with Gasteiger partial charge in [0.25, 0.3) is 11.7 Å². The maximum Gasteiger partial charge on any atom is 0.295 e. The number of Topliss-reactive ketones (excluding diaryl/α,β-unsaturated/α-hetero) is 1. The monoisotopic (exact) mass is 497 g/mol. The van der Waals surface area contributed by atoms with Crippen LogP contribution < -0.4 is 4.74 Å². The van der Waals surface area contributed by atoms with Crippen LogP contribution >= 0.6 is 0 Å². The van der Waals surface area contributed by atoms with E-state index in [2.05, 4.69) is 0 Å². The van der Waals surface area contributed by atoms with E-state index in [1.54, 1.807) is 47.4 Å². The van der Waals surface area contributed by atoms with Crippen molar-refractivity contribution in [3.8, 4) is 11.5 Å². The molecular weight excluding hydrogens is 466 g/mol. The molecule has 37 heavy (non-hydrogen) atoms. The Hall–Kier alpha value is -4.06. The van der Waals surface area contributed by atoms with Crippen LogP contribution in [0.5, 0.6) is 11.5 Å². The number of aliphatic hydroxyl groups is 1. The molecule has 1 aliphatic carbocycles. The topological polar surface area (TPSA) is 87.1 Å². The summed E-state index contributed by atoms with van der Waals surface area (Å²) < 4.78 is 5.97. The lowest BCUT2D eigenvalue weighted by Crippen LogP contribution is -2.40. The number of aromatic hydroxyl groups is 1. The van der Waals surface area contributed by atoms with Gasteiger partial charge in [-0.25, -0.2) is 0 Å². The first-order chi connectivity index (χ1) is 17.9. The Kier molecular flexibility index (Phi) is 6.99. The van der Waals surface area contributed by atoms with Gasteiger partial charge < -0.3 is 19.8 Å². The fraction of sp³-hybridized carbons (Fsp3) is 0.290. The fourth-order valence-corrected chi connectivity index (χ4v) is 5.42. The van der Waals surface area contributed by atoms with Crippen molar-refractivity contribution in [2.75, 3.05) is 0 Å². The van der Waals surface area contributed by atoms with E-state index in [1.807, 2.05) is 37.3 Å². The maximum absolute atomic E-state index is 13.4. The lowest BCUT2D eigenvalue weighted by molar-refractivity contribution is -0.141. The first-order valence-corrected chi connectivity index (χ1v) is 12.8. The van der Waals surface area contributed by atoms with E-state index in [0.717, 1.165) is 43.2 Å². The van der Waals surface area contributed by atoms with Crippen LogP contribution in [0.25, 0.3) is 5.76 Å². The molecule has 1 aliphatic heterocycles. The zero-order valence-electron chi connectivity index (χ0n) is 20.9. The molecule has 0 bridgehead atoms. The summed E-state index contributed by atoms with van der Waals surface area (Å²) in [5.74, 6) is -0.681. The van der Waals surface area contributed by atoms with Gasteiger partial charge in [0.05, 0.1) is 11.6 Å². The Morgan fingerprint density at radius 2 is 1.65 bits per heavy atom. The molecule has 2 N–H and O–H groups in total. The predicted molar refractivity (Wildman–Crippen MR) is 141 cm³/mol. The number of phenolic OH excluding ortho intramolecular Hbond substituents is 1. The van der Waals surface area contributed by atoms with Crippen LogP contribution in [0.15, 0.2) is 78.4 Å². The Morgan fingerprint density at radius 1 is 0.946 bits per heavy atom. The van der Waals surface area contributed by atoms with E-state index in [-0.39, 0.29) is 23.1 Å². The second-order valence-corrected chi connectivity index (χ2v) is 9.84. The van der Waals surface area contributed by atoms with Crippen molar-refractivity contribution in [2.24, 2.45) is 0 Å². The number of ketones is 1. The summed E-state index contributed by atoms with van der Waals surface area (Å²) in [4.78, 5) is 28.3. The largest absolute Gasteiger partial charge is 0.508 e. The number of carbonyl (C=O) groups is 2. The Balaban J connectivity index is 1.51. The molecule has 1 amide bonds. The average molecular weight is 498 g/mol. The standard InChI is InChI=1S/C31H31NO5/c1-20-18-23(14-17-26(20)37-19-21-8-4-2-5-9-21)29(34)27-28(22-12-15-25(33)16-13-22)32(31(36)30(27)35)24-10-6-3-7-11-24/h2,4-5,8-9,12-18,24,28,33-34H,3,6-7,10-11,19H2,1H3/b29-27-. The number of rotatable bonds is 6. The molecule has 6 nitrogen and oxygen atoms in total. The minimum absolute atomic E-state index is 0.0650. The summed E-state index contributed by atoms with van der Waals surface area (Å²) in [6, 6.07) is 20.8. The van der Waals surface area contributed by atoms with Crippen molar-refractivity contribution in [1.82, 2.24) is 4.90 Å². The first-order valence-electron chi connectivity index (χ1n) is 12.8. The summed E-state index contributed by atoms with van der Waals surface area (Å²) in [5.41, 5.74) is 3.07. The molecule has 0 spiro atoms. The summed E-state index contributed by atoms with van der Waals surface area (Å²) in [7, 11) is 0. The van der Waals surface area contributed by atoms with E-state index in [1.165, 1.54) is 0 Å². The number of aryl methyl sites for hydroxylation is 1. The van der Waals surface area contributed by atoms with Gasteiger partial charge >= 0.3 is 0 Å². The molecule has 2 aliphatic rings. The molecule has 1 heterocycles. The third-order valence-electron chi connectivity index (χ3n) is 7.34. The van der Waals surface area contributed by atoms with Crippen LogP contribution in [-0.2, 0) is 16.2 Å². The number of benzene rings is 3. The van der Waals surface area contributed by atoms with Crippen LogP contribution in [-0.4, -0.2) is 32.8 Å². The van der Waals surface area contributed by atoms with Crippen molar-refractivity contribution in [3.63, 3.8) is 0 Å². The van der Waals surface area contributed by atoms with Gasteiger partial charge in [-0.1, -0.05) is 61.7 Å². The van der Waals surface area contributed by atoms with Gasteiger partial charge in [0.15, 0.2) is 0 Å². The number of nitrogens with zero attached hydrogens (tertiary/aromatic N) is 1. The van der Waals surface area contributed by atoms with Gasteiger partial charge in [-0.15, -0.1) is 0 Å². The second-order valence-electron chi connectivity index (χ2n) is 9.84. The molecule has 1 saturated heterocycles. The molecule has 6 heteroatoms. The lowest BCUT2D eigenvalue weighted by atomic mass is 9.91. The predicted octanol–water partition coefficient (Wildman–Crippen LogP) is 6.03. The third kappa shape index (κ3) is 4.96. The molecular formula is C31H31NO5. The highest BCUT2D eigenvalue weighted by Crippen LogP contribution is 2.43. The van der Waals surface area contributed by atoms with Crippen molar-refractivity contribution in [3.05, 3.63) is 101 Å². The van der Waals surface area contributed by atoms with Crippen LogP contribution in [0.3, 0.4) is 0 Å². The van der Waals surface area contributed by atoms with Crippen LogP contribution in [0.2, 0.25) is 0 Å². The van der Waals surface area contributed by atoms with E-state index < -0.39 is 17.7 Å². The molecule has 1 unspecified atom stereocenters. The van der Waals surface area contributed by atoms with Gasteiger partial charge in [0, 0.05) is 11.6 Å². The second kappa shape index (κ2) is 10.5. The lowest BCUT2D eigenvalue weighted by Gasteiger charge is -2.35. The van der Waals surface area contributed by atoms with Crippen molar-refractivity contribution < 1.29 is 24.5 Å². The van der Waals surface area contributed by atoms with Crippen molar-refractivity contribution in [1.29, 1.82) is 0 Å². The number of ether oxygens (including phenoxy) is 1. The van der Waals surface area contributed by atoms with Crippen LogP contribution in [0.1, 0.15) is 60.4 Å². The van der Waals surface area contributed by atoms with Gasteiger partial charge in [-0.05, 0) is 66.8 Å². The average Bonchev–Trinajstić information content (AvgIpc) is 3.19. The van der Waals surface area contributed by atoms with Gasteiger partial charge in [0.1, 0.15) is 23.9 Å². The fourth-order valence-electron chi connectivity index (χ4n) is 5.42. The van der Waals surface area contributed by atoms with Gasteiger partial charge in [0.2, 0.25) is 0 Å². The minimum atomic E-state index is -0.710. The highest BCUT2D eigenvalue weighted by Gasteiger charge is 2.48. The van der Waals surface area contributed by atoms with Crippen molar-refractivity contribution in [2.45, 2.75) is 57.7 Å². The highest BCUT2D eigenvalue weighted by atomic mass is 16.5. The van der Waals surface area contributed by atoms with E-state index in [4.69, 9.17) is 4.74 Å². The molecule has 0 aromatic heterocycles. The minimum Gasteiger partial charge on any atom is -0.508 e.